The quantitative estimate of drug-likeness (QED) is 0.226. The fourth-order valence-electron chi connectivity index (χ4n) is 16.8. The second-order valence-electron chi connectivity index (χ2n) is 20.5. The molecule has 2 aliphatic carbocycles. The van der Waals surface area contributed by atoms with Crippen molar-refractivity contribution in [1.29, 1.82) is 0 Å². The van der Waals surface area contributed by atoms with Crippen LogP contribution in [0.1, 0.15) is 42.4 Å². The minimum Gasteiger partial charge on any atom is -1.00 e. The van der Waals surface area contributed by atoms with Crippen molar-refractivity contribution in [3.63, 3.8) is 0 Å². The second kappa shape index (κ2) is 14.9. The van der Waals surface area contributed by atoms with Crippen LogP contribution in [0.25, 0.3) is 0 Å². The number of nitrogens with zero attached hydrogens (tertiary/aromatic N) is 4. The van der Waals surface area contributed by atoms with Crippen LogP contribution >= 0.6 is 31.9 Å². The zero-order valence-electron chi connectivity index (χ0n) is 34.9. The highest BCUT2D eigenvalue weighted by molar-refractivity contribution is 9.10. The number of quaternary nitrogens is 2. The summed E-state index contributed by atoms with van der Waals surface area (Å²) in [6.45, 7) is 8.35. The van der Waals surface area contributed by atoms with Crippen LogP contribution in [0.5, 0.6) is 0 Å². The van der Waals surface area contributed by atoms with E-state index in [-0.39, 0.29) is 51.8 Å². The van der Waals surface area contributed by atoms with Gasteiger partial charge in [-0.2, -0.15) is 0 Å². The van der Waals surface area contributed by atoms with E-state index in [2.05, 4.69) is 157 Å². The first-order chi connectivity index (χ1) is 29.4. The SMILES string of the molecule is Brc1ccc(C[N+]23CC[C@@H]4[C@@H]5[C@@H]6[C@@H](OCC=C(C2)[C@@H]6C[C@@H]43)N2c3ccccc3[C@@]34CC[N+]6(Cc7ccc(Br)cc7)CC7=CCO[C@H]([C@@H]([C@H]23)[C@H]7C[C@@H]46)N5c2ccccc2)cc1.[Br-].[Br-]. The lowest BCUT2D eigenvalue weighted by atomic mass is 9.53. The molecule has 4 aromatic rings. The summed E-state index contributed by atoms with van der Waals surface area (Å²) in [6.07, 6.45) is 10.1. The third-order valence-corrected chi connectivity index (χ3v) is 19.6. The van der Waals surface area contributed by atoms with E-state index < -0.39 is 0 Å². The number of para-hydroxylation sites is 2. The van der Waals surface area contributed by atoms with Gasteiger partial charge in [0.15, 0.2) is 0 Å². The predicted octanol–water partition coefficient (Wildman–Crippen LogP) is 3.59. The zero-order valence-corrected chi connectivity index (χ0v) is 41.3. The molecule has 0 N–H and O–H groups in total. The maximum Gasteiger partial charge on any atom is 0.136 e. The van der Waals surface area contributed by atoms with E-state index in [4.69, 9.17) is 9.47 Å². The van der Waals surface area contributed by atoms with Crippen molar-refractivity contribution in [2.75, 3.05) is 49.2 Å². The minimum atomic E-state index is -0.0210. The zero-order chi connectivity index (χ0) is 39.5. The predicted molar refractivity (Wildman–Crippen MR) is 242 cm³/mol. The molecule has 62 heavy (non-hydrogen) atoms. The van der Waals surface area contributed by atoms with Crippen molar-refractivity contribution < 1.29 is 52.4 Å². The highest BCUT2D eigenvalue weighted by Gasteiger charge is 2.77. The van der Waals surface area contributed by atoms with Crippen LogP contribution in [0.15, 0.2) is 135 Å². The summed E-state index contributed by atoms with van der Waals surface area (Å²) in [7, 11) is 0. The Morgan fingerprint density at radius 3 is 1.97 bits per heavy atom. The van der Waals surface area contributed by atoms with Gasteiger partial charge in [0.25, 0.3) is 0 Å². The second-order valence-corrected chi connectivity index (χ2v) is 22.4. The number of rotatable bonds is 5. The Morgan fingerprint density at radius 1 is 0.645 bits per heavy atom. The van der Waals surface area contributed by atoms with Crippen molar-refractivity contribution in [2.45, 2.75) is 80.8 Å². The third kappa shape index (κ3) is 5.50. The molecule has 2 saturated carbocycles. The molecule has 8 heterocycles. The van der Waals surface area contributed by atoms with Crippen molar-refractivity contribution >= 4 is 43.2 Å². The van der Waals surface area contributed by atoms with E-state index >= 15 is 0 Å². The van der Waals surface area contributed by atoms with E-state index in [9.17, 15) is 0 Å². The summed E-state index contributed by atoms with van der Waals surface area (Å²) in [5.41, 5.74) is 10.7. The largest absolute Gasteiger partial charge is 1.00 e. The molecule has 14 atom stereocenters. The van der Waals surface area contributed by atoms with E-state index in [1.165, 1.54) is 65.8 Å². The molecule has 7 fully saturated rings. The highest BCUT2D eigenvalue weighted by atomic mass is 79.9. The Hall–Kier alpha value is -2.28. The van der Waals surface area contributed by atoms with Gasteiger partial charge in [0, 0.05) is 92.8 Å². The molecule has 10 heteroatoms. The van der Waals surface area contributed by atoms with Crippen LogP contribution in [-0.4, -0.2) is 85.0 Å². The van der Waals surface area contributed by atoms with Crippen molar-refractivity contribution in [1.82, 2.24) is 0 Å². The number of halogens is 4. The van der Waals surface area contributed by atoms with Crippen LogP contribution in [0.2, 0.25) is 0 Å². The molecular weight excluding hydrogens is 1030 g/mol. The van der Waals surface area contributed by atoms with Gasteiger partial charge in [0.1, 0.15) is 44.7 Å². The van der Waals surface area contributed by atoms with E-state index in [1.54, 1.807) is 16.7 Å². The summed E-state index contributed by atoms with van der Waals surface area (Å²) in [6, 6.07) is 41.7. The van der Waals surface area contributed by atoms with E-state index in [1.807, 2.05) is 0 Å². The normalized spacial score (nSPS) is 40.6. The molecule has 0 aromatic heterocycles. The summed E-state index contributed by atoms with van der Waals surface area (Å²) < 4.78 is 20.0. The molecule has 10 aliphatic rings. The number of ether oxygens (including phenoxy) is 2. The first-order valence-corrected chi connectivity index (χ1v) is 24.6. The Labute approximate surface area is 404 Å². The van der Waals surface area contributed by atoms with Crippen LogP contribution < -0.4 is 43.8 Å². The molecular formula is C52H54Br4N4O2. The van der Waals surface area contributed by atoms with Gasteiger partial charge < -0.3 is 62.2 Å². The topological polar surface area (TPSA) is 24.9 Å². The number of fused-ring (bicyclic) bond motifs is 4. The Balaban J connectivity index is 0.00000205. The molecule has 0 radical (unpaired) electrons. The van der Waals surface area contributed by atoms with Crippen LogP contribution in [0.3, 0.4) is 0 Å². The van der Waals surface area contributed by atoms with Gasteiger partial charge in [0.2, 0.25) is 0 Å². The molecule has 4 bridgehead atoms. The van der Waals surface area contributed by atoms with E-state index in [0.717, 1.165) is 39.6 Å². The average molecular weight is 1090 g/mol. The Bertz CT molecular complexity index is 2470. The van der Waals surface area contributed by atoms with Gasteiger partial charge in [-0.3, -0.25) is 0 Å². The number of anilines is 2. The lowest BCUT2D eigenvalue weighted by Gasteiger charge is -2.65. The maximum absolute atomic E-state index is 7.66. The average Bonchev–Trinajstić information content (AvgIpc) is 3.81. The standard InChI is InChI=1S/C52H54Br2N4O2.2BrH/c53-36-14-10-32(11-15-36)28-57-22-18-39-44(57)26-40-34(30-57)19-24-59-50-46(40)48(39)55(38-6-2-1-3-7-38)51-47-41-27-45-52(42-8-4-5-9-43(42)56(50)49(47)52)21-23-58(45,31-35(41)20-25-60-51)29-33-12-16-37(54)17-13-33;;/h1-17,19-20,39-41,44-51H,18,21-31H2;2*1H/q+2;;/p-2/t39-,40-,41-,44-,45-,46+,47+,48+,49-,50+,51+,52+,57?,58?;;/m0../s1. The maximum atomic E-state index is 7.66. The monoisotopic (exact) mass is 1080 g/mol. The minimum absolute atomic E-state index is 0. The Kier molecular flexibility index (Phi) is 9.87. The first kappa shape index (κ1) is 41.2. The summed E-state index contributed by atoms with van der Waals surface area (Å²) in [4.78, 5) is 5.95. The molecule has 1 spiro atoms. The van der Waals surface area contributed by atoms with Gasteiger partial charge in [0.05, 0.1) is 43.8 Å². The molecule has 6 nitrogen and oxygen atoms in total. The van der Waals surface area contributed by atoms with Gasteiger partial charge in [-0.25, -0.2) is 0 Å². The smallest absolute Gasteiger partial charge is 0.136 e. The molecule has 4 aromatic carbocycles. The van der Waals surface area contributed by atoms with Gasteiger partial charge >= 0.3 is 0 Å². The van der Waals surface area contributed by atoms with Crippen molar-refractivity contribution in [2.24, 2.45) is 29.6 Å². The lowest BCUT2D eigenvalue weighted by Crippen LogP contribution is -3.00. The number of hydrogen-bond acceptors (Lipinski definition) is 4. The molecule has 8 aliphatic heterocycles. The number of piperidine rings is 2. The van der Waals surface area contributed by atoms with Crippen LogP contribution in [0.4, 0.5) is 11.4 Å². The lowest BCUT2D eigenvalue weighted by molar-refractivity contribution is -0.955. The summed E-state index contributed by atoms with van der Waals surface area (Å²) >= 11 is 7.46. The molecule has 322 valence electrons. The van der Waals surface area contributed by atoms with Gasteiger partial charge in [-0.15, -0.1) is 0 Å². The molecule has 14 rings (SSSR count). The van der Waals surface area contributed by atoms with Crippen LogP contribution in [-0.2, 0) is 28.0 Å². The van der Waals surface area contributed by atoms with Crippen LogP contribution in [0, 0.1) is 29.6 Å². The fraction of sp³-hybridized carbons (Fsp3) is 0.462. The van der Waals surface area contributed by atoms with Gasteiger partial charge in [-0.1, -0.05) is 105 Å². The number of hydrogen-bond donors (Lipinski definition) is 0. The Morgan fingerprint density at radius 2 is 1.26 bits per heavy atom. The van der Waals surface area contributed by atoms with Crippen molar-refractivity contribution in [3.05, 3.63) is 152 Å². The summed E-state index contributed by atoms with van der Waals surface area (Å²) in [5, 5.41) is 0. The third-order valence-electron chi connectivity index (χ3n) is 18.5. The first-order valence-electron chi connectivity index (χ1n) is 23.0. The molecule has 0 amide bonds. The molecule has 2 unspecified atom stereocenters. The van der Waals surface area contributed by atoms with E-state index in [0.29, 0.717) is 67.0 Å². The summed E-state index contributed by atoms with van der Waals surface area (Å²) in [5.74, 6) is 2.18. The highest BCUT2D eigenvalue weighted by Crippen LogP contribution is 2.69. The number of benzene rings is 4. The molecule has 5 saturated heterocycles. The van der Waals surface area contributed by atoms with Gasteiger partial charge in [-0.05, 0) is 59.2 Å². The fourth-order valence-corrected chi connectivity index (χ4v) is 17.3. The van der Waals surface area contributed by atoms with Crippen molar-refractivity contribution in [3.8, 4) is 0 Å².